The summed E-state index contributed by atoms with van der Waals surface area (Å²) in [6, 6.07) is 6.22. The van der Waals surface area contributed by atoms with Gasteiger partial charge in [-0.05, 0) is 25.0 Å². The van der Waals surface area contributed by atoms with E-state index in [9.17, 15) is 0 Å². The third-order valence-corrected chi connectivity index (χ3v) is 3.74. The lowest BCUT2D eigenvalue weighted by Crippen LogP contribution is -2.09. The van der Waals surface area contributed by atoms with Crippen molar-refractivity contribution in [3.63, 3.8) is 0 Å². The van der Waals surface area contributed by atoms with E-state index in [2.05, 4.69) is 62.7 Å². The van der Waals surface area contributed by atoms with E-state index in [1.807, 2.05) is 0 Å². The second-order valence-corrected chi connectivity index (χ2v) is 5.11. The molecule has 4 nitrogen and oxygen atoms in total. The molecule has 1 aromatic carbocycles. The van der Waals surface area contributed by atoms with Gasteiger partial charge in [-0.15, -0.1) is 10.2 Å². The van der Waals surface area contributed by atoms with Crippen molar-refractivity contribution in [2.75, 3.05) is 0 Å². The van der Waals surface area contributed by atoms with Crippen LogP contribution < -0.4 is 5.73 Å². The van der Waals surface area contributed by atoms with Crippen LogP contribution in [-0.4, -0.2) is 14.8 Å². The van der Waals surface area contributed by atoms with E-state index >= 15 is 0 Å². The highest BCUT2D eigenvalue weighted by Crippen LogP contribution is 2.25. The van der Waals surface area contributed by atoms with Gasteiger partial charge in [0.2, 0.25) is 0 Å². The number of hydrogen-bond donors (Lipinski definition) is 1. The zero-order valence-electron chi connectivity index (χ0n) is 10.7. The Labute approximate surface area is 115 Å². The first-order valence-electron chi connectivity index (χ1n) is 6.06. The van der Waals surface area contributed by atoms with Crippen LogP contribution in [0.15, 0.2) is 22.7 Å². The fourth-order valence-electron chi connectivity index (χ4n) is 1.89. The van der Waals surface area contributed by atoms with Gasteiger partial charge in [0, 0.05) is 16.6 Å². The predicted octanol–water partition coefficient (Wildman–Crippen LogP) is 2.88. The first-order chi connectivity index (χ1) is 8.67. The van der Waals surface area contributed by atoms with Crippen molar-refractivity contribution < 1.29 is 0 Å². The molecule has 0 aliphatic heterocycles. The number of nitrogens with two attached hydrogens (primary N) is 1. The summed E-state index contributed by atoms with van der Waals surface area (Å²) in [7, 11) is 0. The van der Waals surface area contributed by atoms with Crippen LogP contribution in [0.3, 0.4) is 0 Å². The maximum atomic E-state index is 5.69. The fourth-order valence-corrected chi connectivity index (χ4v) is 2.27. The quantitative estimate of drug-likeness (QED) is 0.945. The fraction of sp³-hybridized carbons (Fsp3) is 0.385. The van der Waals surface area contributed by atoms with Gasteiger partial charge in [-0.1, -0.05) is 35.0 Å². The number of rotatable bonds is 4. The number of aromatic nitrogens is 3. The van der Waals surface area contributed by atoms with Gasteiger partial charge in [-0.3, -0.25) is 0 Å². The largest absolute Gasteiger partial charge is 0.324 e. The first-order valence-corrected chi connectivity index (χ1v) is 6.85. The Balaban J connectivity index is 2.49. The lowest BCUT2D eigenvalue weighted by molar-refractivity contribution is 0.644. The second-order valence-electron chi connectivity index (χ2n) is 4.26. The van der Waals surface area contributed by atoms with Crippen molar-refractivity contribution in [1.29, 1.82) is 0 Å². The number of benzene rings is 1. The molecule has 2 rings (SSSR count). The molecule has 2 aromatic rings. The number of aryl methyl sites for hydroxylation is 1. The van der Waals surface area contributed by atoms with Crippen LogP contribution in [0.25, 0.3) is 11.4 Å². The topological polar surface area (TPSA) is 56.7 Å². The van der Waals surface area contributed by atoms with E-state index in [0.29, 0.717) is 6.54 Å². The van der Waals surface area contributed by atoms with Crippen LogP contribution in [0, 0.1) is 6.92 Å². The van der Waals surface area contributed by atoms with Crippen LogP contribution in [0.2, 0.25) is 0 Å². The molecule has 0 saturated carbocycles. The molecule has 5 heteroatoms. The van der Waals surface area contributed by atoms with Gasteiger partial charge >= 0.3 is 0 Å². The average molecular weight is 309 g/mol. The molecule has 1 heterocycles. The molecular formula is C13H17BrN4. The van der Waals surface area contributed by atoms with E-state index in [4.69, 9.17) is 5.73 Å². The number of hydrogen-bond acceptors (Lipinski definition) is 3. The third-order valence-electron chi connectivity index (χ3n) is 2.89. The van der Waals surface area contributed by atoms with Crippen molar-refractivity contribution in [1.82, 2.24) is 14.8 Å². The molecule has 2 N–H and O–H groups in total. The Kier molecular flexibility index (Phi) is 4.14. The number of halogens is 1. The summed E-state index contributed by atoms with van der Waals surface area (Å²) in [5.74, 6) is 1.72. The molecule has 0 amide bonds. The molecular weight excluding hydrogens is 292 g/mol. The highest BCUT2D eigenvalue weighted by atomic mass is 79.9. The van der Waals surface area contributed by atoms with E-state index in [0.717, 1.165) is 34.7 Å². The van der Waals surface area contributed by atoms with Crippen molar-refractivity contribution in [3.05, 3.63) is 34.1 Å². The van der Waals surface area contributed by atoms with Crippen LogP contribution in [0.4, 0.5) is 0 Å². The molecule has 1 aromatic heterocycles. The maximum Gasteiger partial charge on any atom is 0.164 e. The molecule has 0 aliphatic carbocycles. The summed E-state index contributed by atoms with van der Waals surface area (Å²) in [5, 5.41) is 8.41. The van der Waals surface area contributed by atoms with Crippen LogP contribution >= 0.6 is 15.9 Å². The predicted molar refractivity (Wildman–Crippen MR) is 76.1 cm³/mol. The normalized spacial score (nSPS) is 10.9. The van der Waals surface area contributed by atoms with Crippen molar-refractivity contribution >= 4 is 15.9 Å². The molecule has 18 heavy (non-hydrogen) atoms. The van der Waals surface area contributed by atoms with Gasteiger partial charge in [-0.2, -0.15) is 0 Å². The zero-order valence-corrected chi connectivity index (χ0v) is 12.2. The monoisotopic (exact) mass is 308 g/mol. The number of nitrogens with zero attached hydrogens (tertiary/aromatic N) is 3. The third kappa shape index (κ3) is 2.47. The van der Waals surface area contributed by atoms with Crippen LogP contribution in [-0.2, 0) is 13.1 Å². The Morgan fingerprint density at radius 2 is 2.11 bits per heavy atom. The molecule has 0 unspecified atom stereocenters. The SMILES string of the molecule is CCCn1c(CN)nnc1-c1ccc(C)c(Br)c1. The van der Waals surface area contributed by atoms with E-state index in [1.54, 1.807) is 0 Å². The molecule has 96 valence electrons. The summed E-state index contributed by atoms with van der Waals surface area (Å²) < 4.78 is 3.18. The molecule has 0 atom stereocenters. The summed E-state index contributed by atoms with van der Waals surface area (Å²) in [6.07, 6.45) is 1.03. The van der Waals surface area contributed by atoms with Crippen molar-refractivity contribution in [2.45, 2.75) is 33.4 Å². The van der Waals surface area contributed by atoms with Crippen molar-refractivity contribution in [3.8, 4) is 11.4 Å². The van der Waals surface area contributed by atoms with E-state index in [-0.39, 0.29) is 0 Å². The Morgan fingerprint density at radius 1 is 1.33 bits per heavy atom. The molecule has 0 spiro atoms. The first kappa shape index (κ1) is 13.2. The Bertz CT molecular complexity index is 548. The van der Waals surface area contributed by atoms with Crippen LogP contribution in [0.5, 0.6) is 0 Å². The van der Waals surface area contributed by atoms with Gasteiger partial charge in [0.15, 0.2) is 5.82 Å². The van der Waals surface area contributed by atoms with Gasteiger partial charge in [0.05, 0.1) is 6.54 Å². The molecule has 0 radical (unpaired) electrons. The zero-order chi connectivity index (χ0) is 13.1. The highest BCUT2D eigenvalue weighted by Gasteiger charge is 2.12. The summed E-state index contributed by atoms with van der Waals surface area (Å²) in [5.41, 5.74) is 7.96. The molecule has 0 saturated heterocycles. The molecule has 0 fully saturated rings. The standard InChI is InChI=1S/C13H17BrN4/c1-3-6-18-12(8-15)16-17-13(18)10-5-4-9(2)11(14)7-10/h4-5,7H,3,6,8,15H2,1-2H3. The summed E-state index contributed by atoms with van der Waals surface area (Å²) in [6.45, 7) is 5.51. The van der Waals surface area contributed by atoms with Crippen LogP contribution in [0.1, 0.15) is 24.7 Å². The lowest BCUT2D eigenvalue weighted by atomic mass is 10.1. The minimum absolute atomic E-state index is 0.417. The van der Waals surface area contributed by atoms with Crippen molar-refractivity contribution in [2.24, 2.45) is 5.73 Å². The van der Waals surface area contributed by atoms with Gasteiger partial charge in [-0.25, -0.2) is 0 Å². The van der Waals surface area contributed by atoms with Gasteiger partial charge in [0.1, 0.15) is 5.82 Å². The average Bonchev–Trinajstić information content (AvgIpc) is 2.76. The van der Waals surface area contributed by atoms with E-state index < -0.39 is 0 Å². The Morgan fingerprint density at radius 3 is 2.72 bits per heavy atom. The lowest BCUT2D eigenvalue weighted by Gasteiger charge is -2.09. The second kappa shape index (κ2) is 5.63. The maximum absolute atomic E-state index is 5.69. The Hall–Kier alpha value is -1.20. The smallest absolute Gasteiger partial charge is 0.164 e. The minimum atomic E-state index is 0.417. The highest BCUT2D eigenvalue weighted by molar-refractivity contribution is 9.10. The van der Waals surface area contributed by atoms with Gasteiger partial charge in [0.25, 0.3) is 0 Å². The minimum Gasteiger partial charge on any atom is -0.324 e. The molecule has 0 aliphatic rings. The van der Waals surface area contributed by atoms with Gasteiger partial charge < -0.3 is 10.3 Å². The van der Waals surface area contributed by atoms with E-state index in [1.165, 1.54) is 5.56 Å². The summed E-state index contributed by atoms with van der Waals surface area (Å²) >= 11 is 3.55. The molecule has 0 bridgehead atoms. The summed E-state index contributed by atoms with van der Waals surface area (Å²) in [4.78, 5) is 0.